The molecule has 2 N–H and O–H groups in total. The molecule has 1 aromatic rings. The van der Waals surface area contributed by atoms with Gasteiger partial charge in [-0.15, -0.1) is 0 Å². The van der Waals surface area contributed by atoms with Crippen molar-refractivity contribution in [2.24, 2.45) is 0 Å². The monoisotopic (exact) mass is 276 g/mol. The van der Waals surface area contributed by atoms with Crippen LogP contribution in [-0.2, 0) is 4.79 Å². The summed E-state index contributed by atoms with van der Waals surface area (Å²) in [7, 11) is 0. The Morgan fingerprint density at radius 2 is 2.20 bits per heavy atom. The van der Waals surface area contributed by atoms with Gasteiger partial charge < -0.3 is 10.2 Å². The van der Waals surface area contributed by atoms with Crippen molar-refractivity contribution in [3.63, 3.8) is 0 Å². The van der Waals surface area contributed by atoms with Crippen molar-refractivity contribution >= 4 is 17.8 Å². The van der Waals surface area contributed by atoms with Crippen molar-refractivity contribution < 1.29 is 9.59 Å². The summed E-state index contributed by atoms with van der Waals surface area (Å²) in [4.78, 5) is 29.2. The number of hydrogen-bond acceptors (Lipinski definition) is 3. The number of amides is 3. The summed E-state index contributed by atoms with van der Waals surface area (Å²) in [6.45, 7) is 1.81. The lowest BCUT2D eigenvalue weighted by atomic mass is 10.2. The third kappa shape index (κ3) is 4.53. The zero-order chi connectivity index (χ0) is 14.2. The Balaban J connectivity index is 1.69. The van der Waals surface area contributed by atoms with Gasteiger partial charge in [0.2, 0.25) is 5.91 Å². The van der Waals surface area contributed by atoms with E-state index in [1.165, 1.54) is 0 Å². The molecule has 0 bridgehead atoms. The van der Waals surface area contributed by atoms with Crippen LogP contribution in [0.1, 0.15) is 25.7 Å². The second-order valence-electron chi connectivity index (χ2n) is 4.79. The van der Waals surface area contributed by atoms with Gasteiger partial charge in [-0.05, 0) is 25.0 Å². The molecule has 3 amide bonds. The summed E-state index contributed by atoms with van der Waals surface area (Å²) < 4.78 is 0. The first kappa shape index (κ1) is 14.3. The Morgan fingerprint density at radius 3 is 3.00 bits per heavy atom. The molecule has 1 aromatic heterocycles. The quantitative estimate of drug-likeness (QED) is 0.877. The van der Waals surface area contributed by atoms with Gasteiger partial charge in [0.1, 0.15) is 5.82 Å². The van der Waals surface area contributed by atoms with Gasteiger partial charge in [0.15, 0.2) is 0 Å². The molecule has 0 saturated carbocycles. The minimum absolute atomic E-state index is 0.189. The molecule has 108 valence electrons. The molecule has 0 spiro atoms. The van der Waals surface area contributed by atoms with Gasteiger partial charge >= 0.3 is 6.03 Å². The lowest BCUT2D eigenvalue weighted by Gasteiger charge is -2.20. The molecule has 0 atom stereocenters. The fourth-order valence-corrected chi connectivity index (χ4v) is 2.18. The van der Waals surface area contributed by atoms with Crippen LogP contribution in [0.15, 0.2) is 24.4 Å². The van der Waals surface area contributed by atoms with Crippen LogP contribution in [0.5, 0.6) is 0 Å². The van der Waals surface area contributed by atoms with Gasteiger partial charge in [-0.2, -0.15) is 0 Å². The molecule has 0 unspecified atom stereocenters. The number of urea groups is 1. The third-order valence-corrected chi connectivity index (χ3v) is 3.25. The van der Waals surface area contributed by atoms with E-state index < -0.39 is 0 Å². The Labute approximate surface area is 118 Å². The molecule has 1 fully saturated rings. The van der Waals surface area contributed by atoms with Crippen molar-refractivity contribution in [3.05, 3.63) is 24.4 Å². The average molecular weight is 276 g/mol. The first-order valence-corrected chi connectivity index (χ1v) is 6.99. The van der Waals surface area contributed by atoms with E-state index in [1.807, 2.05) is 4.90 Å². The zero-order valence-corrected chi connectivity index (χ0v) is 11.5. The minimum atomic E-state index is -0.300. The molecular formula is C14H20N4O2. The van der Waals surface area contributed by atoms with Crippen molar-refractivity contribution in [1.29, 1.82) is 0 Å². The summed E-state index contributed by atoms with van der Waals surface area (Å²) in [6, 6.07) is 5.01. The Bertz CT molecular complexity index is 450. The van der Waals surface area contributed by atoms with E-state index in [1.54, 1.807) is 24.4 Å². The van der Waals surface area contributed by atoms with Crippen LogP contribution < -0.4 is 10.6 Å². The van der Waals surface area contributed by atoms with Gasteiger partial charge in [-0.25, -0.2) is 9.78 Å². The first-order valence-electron chi connectivity index (χ1n) is 6.99. The van der Waals surface area contributed by atoms with E-state index in [4.69, 9.17) is 0 Å². The number of carbonyl (C=O) groups is 2. The van der Waals surface area contributed by atoms with Crippen LogP contribution in [0, 0.1) is 0 Å². The lowest BCUT2D eigenvalue weighted by molar-refractivity contribution is -0.130. The lowest BCUT2D eigenvalue weighted by Crippen LogP contribution is -2.39. The molecular weight excluding hydrogens is 256 g/mol. The normalized spacial score (nSPS) is 15.6. The first-order chi connectivity index (χ1) is 9.75. The number of nitrogens with zero attached hydrogens (tertiary/aromatic N) is 2. The second-order valence-corrected chi connectivity index (χ2v) is 4.79. The maximum Gasteiger partial charge on any atom is 0.320 e. The van der Waals surface area contributed by atoms with Crippen molar-refractivity contribution in [2.45, 2.75) is 25.7 Å². The summed E-state index contributed by atoms with van der Waals surface area (Å²) >= 11 is 0. The largest absolute Gasteiger partial charge is 0.341 e. The topological polar surface area (TPSA) is 74.3 Å². The predicted molar refractivity (Wildman–Crippen MR) is 76.3 cm³/mol. The molecule has 1 aliphatic rings. The molecule has 20 heavy (non-hydrogen) atoms. The molecule has 1 saturated heterocycles. The number of pyridine rings is 1. The molecule has 1 aliphatic heterocycles. The van der Waals surface area contributed by atoms with Gasteiger partial charge in [-0.3, -0.25) is 10.1 Å². The van der Waals surface area contributed by atoms with Crippen LogP contribution in [0.4, 0.5) is 10.6 Å². The van der Waals surface area contributed by atoms with Gasteiger partial charge in [0.05, 0.1) is 0 Å². The summed E-state index contributed by atoms with van der Waals surface area (Å²) in [6.07, 6.45) is 5.37. The van der Waals surface area contributed by atoms with Gasteiger partial charge in [0, 0.05) is 32.3 Å². The number of hydrogen-bond donors (Lipinski definition) is 2. The maximum absolute atomic E-state index is 11.8. The Kier molecular flexibility index (Phi) is 5.34. The number of anilines is 1. The summed E-state index contributed by atoms with van der Waals surface area (Å²) in [5, 5.41) is 5.37. The predicted octanol–water partition coefficient (Wildman–Crippen LogP) is 1.61. The van der Waals surface area contributed by atoms with Crippen LogP contribution in [0.3, 0.4) is 0 Å². The van der Waals surface area contributed by atoms with Crippen LogP contribution in [-0.4, -0.2) is 41.5 Å². The minimum Gasteiger partial charge on any atom is -0.341 e. The fourth-order valence-electron chi connectivity index (χ4n) is 2.18. The Hall–Kier alpha value is -2.11. The van der Waals surface area contributed by atoms with Crippen molar-refractivity contribution in [1.82, 2.24) is 15.2 Å². The van der Waals surface area contributed by atoms with E-state index in [2.05, 4.69) is 15.6 Å². The molecule has 2 heterocycles. The van der Waals surface area contributed by atoms with Crippen LogP contribution >= 0.6 is 0 Å². The van der Waals surface area contributed by atoms with E-state index >= 15 is 0 Å². The van der Waals surface area contributed by atoms with E-state index in [9.17, 15) is 9.59 Å². The summed E-state index contributed by atoms with van der Waals surface area (Å²) in [5.41, 5.74) is 0. The van der Waals surface area contributed by atoms with E-state index in [0.29, 0.717) is 25.3 Å². The van der Waals surface area contributed by atoms with Gasteiger partial charge in [0.25, 0.3) is 0 Å². The third-order valence-electron chi connectivity index (χ3n) is 3.25. The zero-order valence-electron chi connectivity index (χ0n) is 11.5. The fraction of sp³-hybridized carbons (Fsp3) is 0.500. The highest BCUT2D eigenvalue weighted by atomic mass is 16.2. The SMILES string of the molecule is O=C(NCCN1CCCCCC1=O)Nc1ccccn1. The second kappa shape index (κ2) is 7.47. The molecule has 2 rings (SSSR count). The molecule has 6 heteroatoms. The number of likely N-dealkylation sites (tertiary alicyclic amines) is 1. The average Bonchev–Trinajstić information content (AvgIpc) is 2.65. The van der Waals surface area contributed by atoms with Gasteiger partial charge in [-0.1, -0.05) is 12.5 Å². The molecule has 6 nitrogen and oxygen atoms in total. The Morgan fingerprint density at radius 1 is 1.30 bits per heavy atom. The molecule has 0 aromatic carbocycles. The molecule has 0 aliphatic carbocycles. The van der Waals surface area contributed by atoms with Crippen molar-refractivity contribution in [3.8, 4) is 0 Å². The highest BCUT2D eigenvalue weighted by Crippen LogP contribution is 2.10. The highest BCUT2D eigenvalue weighted by molar-refractivity contribution is 5.88. The number of carbonyl (C=O) groups excluding carboxylic acids is 2. The van der Waals surface area contributed by atoms with E-state index in [0.717, 1.165) is 25.8 Å². The van der Waals surface area contributed by atoms with Crippen LogP contribution in [0.25, 0.3) is 0 Å². The number of aromatic nitrogens is 1. The van der Waals surface area contributed by atoms with E-state index in [-0.39, 0.29) is 11.9 Å². The molecule has 0 radical (unpaired) electrons. The smallest absolute Gasteiger partial charge is 0.320 e. The highest BCUT2D eigenvalue weighted by Gasteiger charge is 2.16. The number of nitrogens with one attached hydrogen (secondary N) is 2. The van der Waals surface area contributed by atoms with Crippen LogP contribution in [0.2, 0.25) is 0 Å². The summed E-state index contributed by atoms with van der Waals surface area (Å²) in [5.74, 6) is 0.699. The standard InChI is InChI=1S/C14H20N4O2/c19-13-7-2-1-5-10-18(13)11-9-16-14(20)17-12-6-3-4-8-15-12/h3-4,6,8H,1-2,5,7,9-11H2,(H2,15,16,17,20). The maximum atomic E-state index is 11.8. The number of rotatable bonds is 4. The van der Waals surface area contributed by atoms with Crippen molar-refractivity contribution in [2.75, 3.05) is 25.0 Å².